The average molecular weight is 419 g/mol. The molecular weight excluding hydrogens is 392 g/mol. The lowest BCUT2D eigenvalue weighted by Crippen LogP contribution is -2.40. The second-order valence-electron chi connectivity index (χ2n) is 7.08. The van der Waals surface area contributed by atoms with Crippen molar-refractivity contribution >= 4 is 21.6 Å². The average Bonchev–Trinajstić information content (AvgIpc) is 2.85. The van der Waals surface area contributed by atoms with Crippen LogP contribution in [0, 0.1) is 6.92 Å². The number of ether oxygens (including phenoxy) is 1. The fourth-order valence-electron chi connectivity index (χ4n) is 3.42. The molecule has 0 aliphatic carbocycles. The Labute approximate surface area is 171 Å². The van der Waals surface area contributed by atoms with Crippen molar-refractivity contribution in [2.24, 2.45) is 0 Å². The number of methoxy groups -OCH3 is 1. The van der Waals surface area contributed by atoms with Crippen LogP contribution in [0.25, 0.3) is 0 Å². The van der Waals surface area contributed by atoms with Gasteiger partial charge in [-0.3, -0.25) is 9.10 Å². The molecule has 0 spiro atoms. The number of aliphatic hydroxyl groups excluding tert-OH is 1. The lowest BCUT2D eigenvalue weighted by atomic mass is 10.00. The molecule has 0 unspecified atom stereocenters. The monoisotopic (exact) mass is 418 g/mol. The van der Waals surface area contributed by atoms with Crippen LogP contribution in [-0.2, 0) is 14.8 Å². The van der Waals surface area contributed by atoms with E-state index in [2.05, 4.69) is 5.32 Å². The molecule has 0 fully saturated rings. The maximum absolute atomic E-state index is 13.4. The number of fused-ring (bicyclic) bond motifs is 1. The van der Waals surface area contributed by atoms with Crippen LogP contribution >= 0.6 is 0 Å². The van der Waals surface area contributed by atoms with Gasteiger partial charge in [0.25, 0.3) is 10.0 Å². The third-order valence-corrected chi connectivity index (χ3v) is 6.95. The summed E-state index contributed by atoms with van der Waals surface area (Å²) in [5, 5.41) is 13.7. The Hall–Kier alpha value is -2.58. The normalized spacial score (nSPS) is 19.2. The summed E-state index contributed by atoms with van der Waals surface area (Å²) in [4.78, 5) is 12.1. The van der Waals surface area contributed by atoms with Gasteiger partial charge in [0, 0.05) is 24.6 Å². The van der Waals surface area contributed by atoms with Gasteiger partial charge in [-0.2, -0.15) is 0 Å². The number of anilines is 1. The Morgan fingerprint density at radius 2 is 1.93 bits per heavy atom. The largest absolute Gasteiger partial charge is 0.497 e. The molecule has 2 aromatic carbocycles. The maximum atomic E-state index is 13.4. The first kappa shape index (κ1) is 21.1. The molecule has 2 atom stereocenters. The van der Waals surface area contributed by atoms with Crippen LogP contribution in [0.1, 0.15) is 37.0 Å². The Morgan fingerprint density at radius 3 is 2.55 bits per heavy atom. The zero-order valence-electron chi connectivity index (χ0n) is 16.8. The molecule has 1 amide bonds. The molecule has 0 bridgehead atoms. The number of carbonyl (C=O) groups excluding carboxylic acids is 1. The van der Waals surface area contributed by atoms with Crippen LogP contribution in [0.5, 0.6) is 5.75 Å². The number of amides is 1. The van der Waals surface area contributed by atoms with E-state index in [9.17, 15) is 18.3 Å². The highest BCUT2D eigenvalue weighted by atomic mass is 32.2. The lowest BCUT2D eigenvalue weighted by molar-refractivity contribution is -0.122. The van der Waals surface area contributed by atoms with Gasteiger partial charge < -0.3 is 15.2 Å². The van der Waals surface area contributed by atoms with Crippen LogP contribution < -0.4 is 14.4 Å². The number of carbonyl (C=O) groups is 1. The summed E-state index contributed by atoms with van der Waals surface area (Å²) in [6.07, 6.45) is -0.483. The van der Waals surface area contributed by atoms with Gasteiger partial charge in [-0.15, -0.1) is 0 Å². The fraction of sp³-hybridized carbons (Fsp3) is 0.381. The van der Waals surface area contributed by atoms with E-state index in [1.807, 2.05) is 6.92 Å². The third-order valence-electron chi connectivity index (χ3n) is 5.13. The Morgan fingerprint density at radius 1 is 1.24 bits per heavy atom. The maximum Gasteiger partial charge on any atom is 0.264 e. The first-order valence-electron chi connectivity index (χ1n) is 9.52. The molecule has 7 nitrogen and oxygen atoms in total. The van der Waals surface area contributed by atoms with E-state index in [0.717, 1.165) is 5.56 Å². The van der Waals surface area contributed by atoms with E-state index < -0.39 is 22.2 Å². The van der Waals surface area contributed by atoms with E-state index in [0.29, 0.717) is 17.0 Å². The number of aryl methyl sites for hydroxylation is 1. The van der Waals surface area contributed by atoms with E-state index in [4.69, 9.17) is 4.74 Å². The number of sulfonamides is 1. The summed E-state index contributed by atoms with van der Waals surface area (Å²) in [6, 6.07) is 11.0. The molecule has 2 N–H and O–H groups in total. The zero-order valence-corrected chi connectivity index (χ0v) is 17.6. The van der Waals surface area contributed by atoms with Crippen LogP contribution in [0.4, 0.5) is 5.69 Å². The van der Waals surface area contributed by atoms with Crippen molar-refractivity contribution in [3.8, 4) is 5.75 Å². The van der Waals surface area contributed by atoms with Gasteiger partial charge >= 0.3 is 0 Å². The van der Waals surface area contributed by atoms with Crippen molar-refractivity contribution in [3.63, 3.8) is 0 Å². The summed E-state index contributed by atoms with van der Waals surface area (Å²) in [5.41, 5.74) is 1.74. The molecule has 1 aliphatic rings. The van der Waals surface area contributed by atoms with Gasteiger partial charge in [0.05, 0.1) is 23.7 Å². The highest BCUT2D eigenvalue weighted by Gasteiger charge is 2.35. The Bertz CT molecular complexity index is 989. The van der Waals surface area contributed by atoms with Gasteiger partial charge in [-0.05, 0) is 31.5 Å². The van der Waals surface area contributed by atoms with E-state index in [1.54, 1.807) is 49.4 Å². The van der Waals surface area contributed by atoms with Crippen LogP contribution in [0.2, 0.25) is 0 Å². The number of hydrogen-bond acceptors (Lipinski definition) is 5. The van der Waals surface area contributed by atoms with Crippen molar-refractivity contribution in [2.75, 3.05) is 18.0 Å². The number of nitrogens with zero attached hydrogens (tertiary/aromatic N) is 1. The summed E-state index contributed by atoms with van der Waals surface area (Å²) < 4.78 is 33.4. The van der Waals surface area contributed by atoms with Gasteiger partial charge in [0.1, 0.15) is 11.9 Å². The molecule has 0 radical (unpaired) electrons. The molecule has 156 valence electrons. The molecule has 3 rings (SSSR count). The standard InChI is InChI=1S/C21H26N2O5S/c1-4-20(24)22-18-11-12-23(29(26,27)16-8-5-14(2)6-9-16)19-13-15(28-3)7-10-17(19)21(18)25/h5-10,13,18,21,25H,4,11-12H2,1-3H3,(H,22,24)/t18-,21+/m1/s1. The smallest absolute Gasteiger partial charge is 0.264 e. The molecule has 0 saturated heterocycles. The minimum atomic E-state index is -3.87. The lowest BCUT2D eigenvalue weighted by Gasteiger charge is -2.25. The van der Waals surface area contributed by atoms with Crippen molar-refractivity contribution in [1.82, 2.24) is 5.32 Å². The molecule has 1 aliphatic heterocycles. The highest BCUT2D eigenvalue weighted by Crippen LogP contribution is 2.38. The number of benzene rings is 2. The summed E-state index contributed by atoms with van der Waals surface area (Å²) >= 11 is 0. The predicted molar refractivity (Wildman–Crippen MR) is 111 cm³/mol. The summed E-state index contributed by atoms with van der Waals surface area (Å²) in [7, 11) is -2.37. The van der Waals surface area contributed by atoms with Crippen LogP contribution in [0.3, 0.4) is 0 Å². The number of rotatable bonds is 5. The molecular formula is C21H26N2O5S. The second kappa shape index (κ2) is 8.42. The van der Waals surface area contributed by atoms with Crippen molar-refractivity contribution in [2.45, 2.75) is 43.7 Å². The van der Waals surface area contributed by atoms with Gasteiger partial charge in [-0.25, -0.2) is 8.42 Å². The molecule has 0 aromatic heterocycles. The Balaban J connectivity index is 2.10. The summed E-state index contributed by atoms with van der Waals surface area (Å²) in [6.45, 7) is 3.73. The van der Waals surface area contributed by atoms with Crippen molar-refractivity contribution in [1.29, 1.82) is 0 Å². The van der Waals surface area contributed by atoms with Crippen molar-refractivity contribution < 1.29 is 23.1 Å². The SMILES string of the molecule is CCC(=O)N[C@@H]1CCN(S(=O)(=O)c2ccc(C)cc2)c2cc(OC)ccc2[C@@H]1O. The third kappa shape index (κ3) is 4.23. The fourth-order valence-corrected chi connectivity index (χ4v) is 4.91. The molecule has 1 heterocycles. The Kier molecular flexibility index (Phi) is 6.14. The van der Waals surface area contributed by atoms with Gasteiger partial charge in [-0.1, -0.05) is 30.7 Å². The summed E-state index contributed by atoms with van der Waals surface area (Å²) in [5.74, 6) is 0.287. The van der Waals surface area contributed by atoms with E-state index >= 15 is 0 Å². The number of aliphatic hydroxyl groups is 1. The van der Waals surface area contributed by atoms with Crippen LogP contribution in [0.15, 0.2) is 47.4 Å². The van der Waals surface area contributed by atoms with E-state index in [1.165, 1.54) is 11.4 Å². The highest BCUT2D eigenvalue weighted by molar-refractivity contribution is 7.92. The molecule has 0 saturated carbocycles. The van der Waals surface area contributed by atoms with E-state index in [-0.39, 0.29) is 30.2 Å². The number of hydrogen-bond donors (Lipinski definition) is 2. The minimum Gasteiger partial charge on any atom is -0.497 e. The topological polar surface area (TPSA) is 95.9 Å². The number of nitrogens with one attached hydrogen (secondary N) is 1. The predicted octanol–water partition coefficient (Wildman–Crippen LogP) is 2.53. The van der Waals surface area contributed by atoms with Gasteiger partial charge in [0.15, 0.2) is 0 Å². The quantitative estimate of drug-likeness (QED) is 0.778. The second-order valence-corrected chi connectivity index (χ2v) is 8.94. The first-order valence-corrected chi connectivity index (χ1v) is 11.0. The molecule has 2 aromatic rings. The first-order chi connectivity index (χ1) is 13.8. The molecule has 29 heavy (non-hydrogen) atoms. The van der Waals surface area contributed by atoms with Crippen molar-refractivity contribution in [3.05, 3.63) is 53.6 Å². The zero-order chi connectivity index (χ0) is 21.2. The molecule has 8 heteroatoms. The van der Waals surface area contributed by atoms with Crippen LogP contribution in [-0.4, -0.2) is 39.1 Å². The van der Waals surface area contributed by atoms with Gasteiger partial charge in [0.2, 0.25) is 5.91 Å². The minimum absolute atomic E-state index is 0.113.